The Morgan fingerprint density at radius 3 is 2.45 bits per heavy atom. The second-order valence-electron chi connectivity index (χ2n) is 8.86. The lowest BCUT2D eigenvalue weighted by Crippen LogP contribution is -2.52. The van der Waals surface area contributed by atoms with Crippen molar-refractivity contribution in [3.63, 3.8) is 0 Å². The van der Waals surface area contributed by atoms with Crippen LogP contribution >= 0.6 is 0 Å². The highest BCUT2D eigenvalue weighted by Gasteiger charge is 2.46. The number of amides is 1. The molecule has 0 N–H and O–H groups in total. The number of benzene rings is 2. The lowest BCUT2D eigenvalue weighted by atomic mass is 9.72. The van der Waals surface area contributed by atoms with Gasteiger partial charge in [0.2, 0.25) is 5.91 Å². The van der Waals surface area contributed by atoms with Crippen LogP contribution in [0.1, 0.15) is 48.6 Å². The number of likely N-dealkylation sites (tertiary alicyclic amines) is 1. The number of halogens is 3. The lowest BCUT2D eigenvalue weighted by Gasteiger charge is -2.42. The molecule has 0 radical (unpaired) electrons. The first kappa shape index (κ1) is 21.9. The minimum atomic E-state index is -4.46. The third-order valence-electron chi connectivity index (χ3n) is 6.94. The molecule has 5 nitrogen and oxygen atoms in total. The van der Waals surface area contributed by atoms with Crippen LogP contribution in [-0.4, -0.2) is 42.1 Å². The van der Waals surface area contributed by atoms with Gasteiger partial charge in [0.15, 0.2) is 11.5 Å². The van der Waals surface area contributed by atoms with Crippen LogP contribution < -0.4 is 0 Å². The number of carbonyl (C=O) groups excluding carboxylic acids is 1. The molecule has 2 saturated heterocycles. The zero-order valence-electron chi connectivity index (χ0n) is 18.1. The summed E-state index contributed by atoms with van der Waals surface area (Å²) >= 11 is 0. The molecule has 0 bridgehead atoms. The van der Waals surface area contributed by atoms with E-state index in [1.165, 1.54) is 6.07 Å². The average molecular weight is 458 g/mol. The lowest BCUT2D eigenvalue weighted by molar-refractivity contribution is -0.143. The first-order valence-corrected chi connectivity index (χ1v) is 11.3. The average Bonchev–Trinajstić information content (AvgIpc) is 3.28. The van der Waals surface area contributed by atoms with Gasteiger partial charge < -0.3 is 14.1 Å². The molecular weight excluding hydrogens is 433 g/mol. The molecule has 1 aromatic heterocycles. The molecule has 0 atom stereocenters. The molecule has 2 aliphatic heterocycles. The predicted octanol–water partition coefficient (Wildman–Crippen LogP) is 5.30. The Hall–Kier alpha value is -2.87. The zero-order valence-corrected chi connectivity index (χ0v) is 18.1. The van der Waals surface area contributed by atoms with Crippen LogP contribution in [0.2, 0.25) is 0 Å². The van der Waals surface area contributed by atoms with Gasteiger partial charge >= 0.3 is 6.18 Å². The maximum Gasteiger partial charge on any atom is 0.416 e. The number of hydrogen-bond acceptors (Lipinski definition) is 4. The first-order valence-electron chi connectivity index (χ1n) is 11.3. The zero-order chi connectivity index (χ0) is 23.1. The molecule has 5 rings (SSSR count). The Morgan fingerprint density at radius 2 is 1.76 bits per heavy atom. The van der Waals surface area contributed by atoms with Crippen LogP contribution in [0.5, 0.6) is 0 Å². The van der Waals surface area contributed by atoms with Gasteiger partial charge in [-0.05, 0) is 49.4 Å². The van der Waals surface area contributed by atoms with Crippen LogP contribution in [0.25, 0.3) is 11.1 Å². The van der Waals surface area contributed by atoms with Crippen LogP contribution in [0.4, 0.5) is 13.2 Å². The van der Waals surface area contributed by atoms with Crippen molar-refractivity contribution < 1.29 is 27.1 Å². The Morgan fingerprint density at radius 1 is 1.03 bits per heavy atom. The third-order valence-corrected chi connectivity index (χ3v) is 6.94. The minimum Gasteiger partial charge on any atom is -0.440 e. The Kier molecular flexibility index (Phi) is 5.64. The van der Waals surface area contributed by atoms with Gasteiger partial charge in [-0.3, -0.25) is 4.79 Å². The van der Waals surface area contributed by atoms with Crippen LogP contribution in [0.15, 0.2) is 52.9 Å². The fraction of sp³-hybridized carbons (Fsp3) is 0.440. The number of nitrogens with zero attached hydrogens (tertiary/aromatic N) is 2. The van der Waals surface area contributed by atoms with Gasteiger partial charge in [-0.25, -0.2) is 4.98 Å². The summed E-state index contributed by atoms with van der Waals surface area (Å²) in [6.07, 6.45) is -2.30. The smallest absolute Gasteiger partial charge is 0.416 e. The van der Waals surface area contributed by atoms with Gasteiger partial charge in [0, 0.05) is 32.2 Å². The van der Waals surface area contributed by atoms with E-state index in [1.54, 1.807) is 11.0 Å². The largest absolute Gasteiger partial charge is 0.440 e. The normalized spacial score (nSPS) is 19.7. The Bertz CT molecular complexity index is 1110. The monoisotopic (exact) mass is 458 g/mol. The van der Waals surface area contributed by atoms with Crippen molar-refractivity contribution in [2.75, 3.05) is 26.3 Å². The minimum absolute atomic E-state index is 0.110. The van der Waals surface area contributed by atoms with Crippen LogP contribution in [0, 0.1) is 0 Å². The van der Waals surface area contributed by atoms with Crippen LogP contribution in [-0.2, 0) is 21.1 Å². The first-order chi connectivity index (χ1) is 15.9. The van der Waals surface area contributed by atoms with E-state index < -0.39 is 17.2 Å². The van der Waals surface area contributed by atoms with Gasteiger partial charge in [0.25, 0.3) is 0 Å². The Balaban J connectivity index is 1.36. The van der Waals surface area contributed by atoms with Gasteiger partial charge in [-0.1, -0.05) is 30.3 Å². The summed E-state index contributed by atoms with van der Waals surface area (Å²) < 4.78 is 51.5. The molecule has 8 heteroatoms. The number of hydrogen-bond donors (Lipinski definition) is 0. The van der Waals surface area contributed by atoms with E-state index in [1.807, 2.05) is 24.3 Å². The van der Waals surface area contributed by atoms with E-state index in [2.05, 4.69) is 4.98 Å². The molecule has 0 spiro atoms. The number of para-hydroxylation sites is 2. The van der Waals surface area contributed by atoms with E-state index in [-0.39, 0.29) is 11.8 Å². The highest BCUT2D eigenvalue weighted by atomic mass is 19.4. The molecule has 1 amide bonds. The summed E-state index contributed by atoms with van der Waals surface area (Å²) in [5, 5.41) is 0. The summed E-state index contributed by atoms with van der Waals surface area (Å²) in [6, 6.07) is 12.8. The predicted molar refractivity (Wildman–Crippen MR) is 116 cm³/mol. The maximum absolute atomic E-state index is 13.8. The van der Waals surface area contributed by atoms with Gasteiger partial charge in [0.1, 0.15) is 5.52 Å². The Labute approximate surface area is 189 Å². The van der Waals surface area contributed by atoms with Crippen molar-refractivity contribution in [2.24, 2.45) is 0 Å². The highest BCUT2D eigenvalue weighted by molar-refractivity contribution is 5.88. The van der Waals surface area contributed by atoms with Crippen molar-refractivity contribution in [2.45, 2.75) is 43.2 Å². The van der Waals surface area contributed by atoms with Crippen LogP contribution in [0.3, 0.4) is 0 Å². The molecule has 0 saturated carbocycles. The fourth-order valence-electron chi connectivity index (χ4n) is 5.04. The second kappa shape index (κ2) is 8.48. The van der Waals surface area contributed by atoms with E-state index in [4.69, 9.17) is 9.15 Å². The SMILES string of the molecule is O=C(N1CCC(c2nc3ccccc3o2)CC1)C1(c2cccc(C(F)(F)F)c2)CCOCC1. The maximum atomic E-state index is 13.8. The highest BCUT2D eigenvalue weighted by Crippen LogP contribution is 2.41. The van der Waals surface area contributed by atoms with Crippen molar-refractivity contribution in [1.29, 1.82) is 0 Å². The topological polar surface area (TPSA) is 55.6 Å². The van der Waals surface area contributed by atoms with Gasteiger partial charge in [-0.15, -0.1) is 0 Å². The second-order valence-corrected chi connectivity index (χ2v) is 8.86. The number of carbonyl (C=O) groups is 1. The van der Waals surface area contributed by atoms with Gasteiger partial charge in [-0.2, -0.15) is 13.2 Å². The molecule has 3 heterocycles. The quantitative estimate of drug-likeness (QED) is 0.535. The van der Waals surface area contributed by atoms with Crippen molar-refractivity contribution in [1.82, 2.24) is 9.88 Å². The van der Waals surface area contributed by atoms with Crippen molar-refractivity contribution in [3.8, 4) is 0 Å². The number of piperidine rings is 1. The number of aromatic nitrogens is 1. The molecule has 174 valence electrons. The third kappa shape index (κ3) is 4.12. The molecule has 2 aromatic carbocycles. The van der Waals surface area contributed by atoms with Crippen molar-refractivity contribution in [3.05, 3.63) is 65.5 Å². The number of alkyl halides is 3. The number of ether oxygens (including phenoxy) is 1. The molecule has 2 fully saturated rings. The summed E-state index contributed by atoms with van der Waals surface area (Å²) in [5.41, 5.74) is 0.262. The molecule has 2 aliphatic rings. The number of fused-ring (bicyclic) bond motifs is 1. The van der Waals surface area contributed by atoms with E-state index >= 15 is 0 Å². The number of rotatable bonds is 3. The van der Waals surface area contributed by atoms with E-state index in [9.17, 15) is 18.0 Å². The summed E-state index contributed by atoms with van der Waals surface area (Å²) in [5.74, 6) is 0.684. The van der Waals surface area contributed by atoms with Crippen molar-refractivity contribution >= 4 is 17.0 Å². The summed E-state index contributed by atoms with van der Waals surface area (Å²) in [7, 11) is 0. The van der Waals surface area contributed by atoms with E-state index in [0.717, 1.165) is 23.2 Å². The van der Waals surface area contributed by atoms with E-state index in [0.29, 0.717) is 63.4 Å². The molecule has 3 aromatic rings. The number of oxazole rings is 1. The molecule has 33 heavy (non-hydrogen) atoms. The summed E-state index contributed by atoms with van der Waals surface area (Å²) in [4.78, 5) is 20.2. The molecular formula is C25H25F3N2O3. The summed E-state index contributed by atoms with van der Waals surface area (Å²) in [6.45, 7) is 1.73. The van der Waals surface area contributed by atoms with Gasteiger partial charge in [0.05, 0.1) is 11.0 Å². The standard InChI is InChI=1S/C25H25F3N2O3/c26-25(27,28)19-5-3-4-18(16-19)24(10-14-32-15-11-24)23(31)30-12-8-17(9-13-30)22-29-20-6-1-2-7-21(20)33-22/h1-7,16-17H,8-15H2. The molecule has 0 aliphatic carbocycles. The molecule has 0 unspecified atom stereocenters. The fourth-order valence-corrected chi connectivity index (χ4v) is 5.04.